The second kappa shape index (κ2) is 9.14. The van der Waals surface area contributed by atoms with Gasteiger partial charge in [-0.05, 0) is 47.8 Å². The van der Waals surface area contributed by atoms with E-state index >= 15 is 0 Å². The van der Waals surface area contributed by atoms with Crippen LogP contribution in [0.5, 0.6) is 0 Å². The van der Waals surface area contributed by atoms with Gasteiger partial charge in [0, 0.05) is 15.0 Å². The molecule has 0 heterocycles. The van der Waals surface area contributed by atoms with Gasteiger partial charge in [0.2, 0.25) is 0 Å². The molecule has 0 saturated heterocycles. The van der Waals surface area contributed by atoms with Crippen molar-refractivity contribution in [3.63, 3.8) is 0 Å². The van der Waals surface area contributed by atoms with Crippen molar-refractivity contribution < 1.29 is 49.4 Å². The molecule has 1 N–H and O–H groups in total. The van der Waals surface area contributed by atoms with E-state index in [0.717, 1.165) is 0 Å². The zero-order valence-corrected chi connectivity index (χ0v) is 20.0. The first-order valence-corrected chi connectivity index (χ1v) is 10.2. The number of anilines is 2. The lowest BCUT2D eigenvalue weighted by atomic mass is 10.0. The highest BCUT2D eigenvalue weighted by atomic mass is 79.9. The summed E-state index contributed by atoms with van der Waals surface area (Å²) in [5.41, 5.74) is -12.5. The molecule has 0 spiro atoms. The summed E-state index contributed by atoms with van der Waals surface area (Å²) in [7, 11) is 0. The molecule has 2 aromatic rings. The van der Waals surface area contributed by atoms with Crippen LogP contribution in [-0.2, 0) is 18.5 Å². The number of hydrogen-bond donors (Lipinski definition) is 1. The molecular formula is C15H3Br3F9N3O4. The maximum atomic E-state index is 13.7. The molecule has 0 aliphatic heterocycles. The Hall–Kier alpha value is -2.15. The third kappa shape index (κ3) is 5.40. The largest absolute Gasteiger partial charge is 0.419 e. The number of nitrogens with one attached hydrogen (secondary N) is 1. The maximum absolute atomic E-state index is 13.7. The molecule has 7 nitrogen and oxygen atoms in total. The van der Waals surface area contributed by atoms with Crippen molar-refractivity contribution in [1.82, 2.24) is 0 Å². The summed E-state index contributed by atoms with van der Waals surface area (Å²) >= 11 is 6.96. The molecule has 0 aromatic heterocycles. The van der Waals surface area contributed by atoms with E-state index in [-0.39, 0.29) is 12.1 Å². The average Bonchev–Trinajstić information content (AvgIpc) is 2.62. The lowest BCUT2D eigenvalue weighted by molar-refractivity contribution is -0.394. The van der Waals surface area contributed by atoms with Gasteiger partial charge >= 0.3 is 18.5 Å². The van der Waals surface area contributed by atoms with E-state index in [4.69, 9.17) is 0 Å². The highest BCUT2D eigenvalue weighted by molar-refractivity contribution is 9.13. The summed E-state index contributed by atoms with van der Waals surface area (Å²) in [5, 5.41) is 23.6. The van der Waals surface area contributed by atoms with E-state index in [1.165, 1.54) is 5.32 Å². The summed E-state index contributed by atoms with van der Waals surface area (Å²) in [5.74, 6) is 0. The van der Waals surface area contributed by atoms with Crippen LogP contribution in [0.15, 0.2) is 25.6 Å². The SMILES string of the molecule is O=[N+]([O-])c1cc([N+](=O)[O-])c(Nc2c(Br)c(C(F)(F)F)c(Br)c(Br)c2C(F)(F)F)c(C(F)(F)F)c1. The molecule has 0 unspecified atom stereocenters. The molecule has 0 fully saturated rings. The first-order chi connectivity index (χ1) is 15.2. The van der Waals surface area contributed by atoms with Gasteiger partial charge in [-0.3, -0.25) is 20.2 Å². The Balaban J connectivity index is 3.08. The summed E-state index contributed by atoms with van der Waals surface area (Å²) in [4.78, 5) is 19.2. The summed E-state index contributed by atoms with van der Waals surface area (Å²) in [6.07, 6.45) is -16.5. The number of nitro groups is 2. The van der Waals surface area contributed by atoms with Crippen molar-refractivity contribution in [2.75, 3.05) is 5.32 Å². The van der Waals surface area contributed by atoms with Gasteiger partial charge in [-0.15, -0.1) is 0 Å². The second-order valence-corrected chi connectivity index (χ2v) is 8.47. The van der Waals surface area contributed by atoms with Gasteiger partial charge in [-0.2, -0.15) is 39.5 Å². The van der Waals surface area contributed by atoms with Crippen LogP contribution in [0.4, 0.5) is 62.3 Å². The van der Waals surface area contributed by atoms with Crippen molar-refractivity contribution in [3.05, 3.63) is 62.5 Å². The summed E-state index contributed by atoms with van der Waals surface area (Å²) in [6, 6.07) is -0.202. The maximum Gasteiger partial charge on any atom is 0.419 e. The van der Waals surface area contributed by atoms with Crippen LogP contribution in [0.3, 0.4) is 0 Å². The number of halogens is 12. The first-order valence-electron chi connectivity index (χ1n) is 7.85. The van der Waals surface area contributed by atoms with Crippen LogP contribution in [-0.4, -0.2) is 9.85 Å². The number of rotatable bonds is 4. The highest BCUT2D eigenvalue weighted by Gasteiger charge is 2.46. The van der Waals surface area contributed by atoms with Crippen LogP contribution in [0.25, 0.3) is 0 Å². The number of nitrogens with zero attached hydrogens (tertiary/aromatic N) is 2. The molecule has 0 saturated carbocycles. The minimum Gasteiger partial charge on any atom is -0.348 e. The Morgan fingerprint density at radius 3 is 1.53 bits per heavy atom. The molecule has 0 aliphatic carbocycles. The van der Waals surface area contributed by atoms with E-state index in [0.29, 0.717) is 0 Å². The van der Waals surface area contributed by atoms with Crippen molar-refractivity contribution in [1.29, 1.82) is 0 Å². The van der Waals surface area contributed by atoms with Crippen molar-refractivity contribution in [2.45, 2.75) is 18.5 Å². The standard InChI is InChI=1S/C15H3Br3F9N3O4/c16-8-6(14(22,23)24)10(18)12(7(9(8)17)15(25,26)27)28-11-4(13(19,20)21)1-3(29(31)32)2-5(11)30(33)34/h1-2,28H. The zero-order valence-electron chi connectivity index (χ0n) is 15.2. The van der Waals surface area contributed by atoms with E-state index in [1.807, 2.05) is 0 Å². The molecule has 0 atom stereocenters. The normalized spacial score (nSPS) is 12.6. The van der Waals surface area contributed by atoms with Gasteiger partial charge in [-0.1, -0.05) is 0 Å². The minimum atomic E-state index is -5.61. The molecule has 0 aliphatic rings. The fourth-order valence-electron chi connectivity index (χ4n) is 2.63. The van der Waals surface area contributed by atoms with Crippen molar-refractivity contribution >= 4 is 70.5 Å². The molecule has 34 heavy (non-hydrogen) atoms. The third-order valence-corrected chi connectivity index (χ3v) is 6.86. The predicted octanol–water partition coefficient (Wildman–Crippen LogP) is 8.59. The molecule has 0 bridgehead atoms. The van der Waals surface area contributed by atoms with Crippen LogP contribution >= 0.6 is 47.8 Å². The Morgan fingerprint density at radius 1 is 0.676 bits per heavy atom. The van der Waals surface area contributed by atoms with Gasteiger partial charge in [-0.25, -0.2) is 0 Å². The van der Waals surface area contributed by atoms with Crippen molar-refractivity contribution in [3.8, 4) is 0 Å². The average molecular weight is 700 g/mol. The smallest absolute Gasteiger partial charge is 0.348 e. The van der Waals surface area contributed by atoms with Crippen LogP contribution in [0.2, 0.25) is 0 Å². The lowest BCUT2D eigenvalue weighted by Crippen LogP contribution is -2.18. The monoisotopic (exact) mass is 697 g/mol. The fourth-order valence-corrected chi connectivity index (χ4v) is 4.86. The topological polar surface area (TPSA) is 98.3 Å². The second-order valence-electron chi connectivity index (χ2n) is 6.09. The quantitative estimate of drug-likeness (QED) is 0.149. The van der Waals surface area contributed by atoms with E-state index < -0.39 is 81.2 Å². The molecule has 2 aromatic carbocycles. The molecule has 2 rings (SSSR count). The summed E-state index contributed by atoms with van der Waals surface area (Å²) in [6.45, 7) is 0. The van der Waals surface area contributed by atoms with Gasteiger partial charge in [0.05, 0.1) is 42.8 Å². The Bertz CT molecular complexity index is 1200. The number of hydrogen-bond acceptors (Lipinski definition) is 5. The zero-order chi connectivity index (χ0) is 26.5. The Labute approximate surface area is 206 Å². The van der Waals surface area contributed by atoms with E-state index in [9.17, 15) is 59.7 Å². The predicted molar refractivity (Wildman–Crippen MR) is 108 cm³/mol. The lowest BCUT2D eigenvalue weighted by Gasteiger charge is -2.24. The van der Waals surface area contributed by atoms with Gasteiger partial charge in [0.15, 0.2) is 0 Å². The van der Waals surface area contributed by atoms with Gasteiger partial charge in [0.25, 0.3) is 11.4 Å². The summed E-state index contributed by atoms with van der Waals surface area (Å²) < 4.78 is 118. The van der Waals surface area contributed by atoms with Crippen molar-refractivity contribution in [2.24, 2.45) is 0 Å². The van der Waals surface area contributed by atoms with Gasteiger partial charge < -0.3 is 5.32 Å². The molecule has 186 valence electrons. The van der Waals surface area contributed by atoms with Crippen LogP contribution in [0.1, 0.15) is 16.7 Å². The Morgan fingerprint density at radius 2 is 1.15 bits per heavy atom. The number of alkyl halides is 9. The van der Waals surface area contributed by atoms with E-state index in [2.05, 4.69) is 47.8 Å². The number of non-ortho nitro benzene ring substituents is 1. The fraction of sp³-hybridized carbons (Fsp3) is 0.200. The molecule has 0 amide bonds. The van der Waals surface area contributed by atoms with Gasteiger partial charge in [0.1, 0.15) is 5.69 Å². The number of nitro benzene ring substituents is 2. The van der Waals surface area contributed by atoms with E-state index in [1.54, 1.807) is 0 Å². The minimum absolute atomic E-state index is 0.0112. The molecular weight excluding hydrogens is 697 g/mol. The first kappa shape index (κ1) is 28.1. The highest BCUT2D eigenvalue weighted by Crippen LogP contribution is 2.54. The molecule has 19 heteroatoms. The Kier molecular flexibility index (Phi) is 7.55. The third-order valence-electron chi connectivity index (χ3n) is 3.95. The number of benzene rings is 2. The van der Waals surface area contributed by atoms with Crippen LogP contribution in [0, 0.1) is 20.2 Å². The molecule has 0 radical (unpaired) electrons. The van der Waals surface area contributed by atoms with Crippen LogP contribution < -0.4 is 5.32 Å².